The standard InChI is InChI=1S/C15H16N4OS/c1-9-4-7-13(21-9)14(20)16-10-5-6-11-12(8-10)18-15(17-11)19(2)3/h4-8H,1-3H3,(H,16,20)(H,17,18). The molecule has 3 rings (SSSR count). The maximum absolute atomic E-state index is 12.1. The lowest BCUT2D eigenvalue weighted by Gasteiger charge is -2.05. The number of thiophene rings is 1. The minimum Gasteiger partial charge on any atom is -0.349 e. The van der Waals surface area contributed by atoms with E-state index in [-0.39, 0.29) is 5.91 Å². The number of aryl methyl sites for hydroxylation is 1. The van der Waals surface area contributed by atoms with E-state index < -0.39 is 0 Å². The largest absolute Gasteiger partial charge is 0.349 e. The maximum atomic E-state index is 12.1. The van der Waals surface area contributed by atoms with E-state index >= 15 is 0 Å². The third-order valence-electron chi connectivity index (χ3n) is 3.12. The zero-order chi connectivity index (χ0) is 15.0. The number of rotatable bonds is 3. The Labute approximate surface area is 126 Å². The second-order valence-corrected chi connectivity index (χ2v) is 6.34. The summed E-state index contributed by atoms with van der Waals surface area (Å²) in [6.07, 6.45) is 0. The highest BCUT2D eigenvalue weighted by Crippen LogP contribution is 2.22. The molecule has 0 aliphatic rings. The third kappa shape index (κ3) is 2.75. The van der Waals surface area contributed by atoms with Crippen molar-refractivity contribution in [3.05, 3.63) is 40.1 Å². The summed E-state index contributed by atoms with van der Waals surface area (Å²) >= 11 is 1.49. The van der Waals surface area contributed by atoms with Gasteiger partial charge in [0.05, 0.1) is 15.9 Å². The summed E-state index contributed by atoms with van der Waals surface area (Å²) in [6, 6.07) is 9.44. The minimum absolute atomic E-state index is 0.0835. The summed E-state index contributed by atoms with van der Waals surface area (Å²) in [7, 11) is 3.86. The molecule has 2 aromatic heterocycles. The number of nitrogens with zero attached hydrogens (tertiary/aromatic N) is 2. The highest BCUT2D eigenvalue weighted by atomic mass is 32.1. The Morgan fingerprint density at radius 1 is 1.29 bits per heavy atom. The number of carbonyl (C=O) groups excluding carboxylic acids is 1. The lowest BCUT2D eigenvalue weighted by molar-refractivity contribution is 0.103. The summed E-state index contributed by atoms with van der Waals surface area (Å²) in [5.74, 6) is 0.710. The molecule has 0 fully saturated rings. The van der Waals surface area contributed by atoms with Gasteiger partial charge in [0, 0.05) is 24.7 Å². The molecule has 3 aromatic rings. The number of hydrogen-bond acceptors (Lipinski definition) is 4. The molecule has 0 bridgehead atoms. The van der Waals surface area contributed by atoms with E-state index in [1.807, 2.05) is 56.3 Å². The molecule has 5 nitrogen and oxygen atoms in total. The number of benzene rings is 1. The van der Waals surface area contributed by atoms with Crippen molar-refractivity contribution in [1.82, 2.24) is 9.97 Å². The van der Waals surface area contributed by atoms with Crippen molar-refractivity contribution in [3.63, 3.8) is 0 Å². The number of aromatic amines is 1. The zero-order valence-corrected chi connectivity index (χ0v) is 12.9. The van der Waals surface area contributed by atoms with E-state index in [9.17, 15) is 4.79 Å². The van der Waals surface area contributed by atoms with E-state index in [4.69, 9.17) is 0 Å². The third-order valence-corrected chi connectivity index (χ3v) is 4.11. The van der Waals surface area contributed by atoms with Crippen LogP contribution in [-0.2, 0) is 0 Å². The fourth-order valence-corrected chi connectivity index (χ4v) is 2.80. The van der Waals surface area contributed by atoms with Gasteiger partial charge in [-0.05, 0) is 37.3 Å². The molecule has 0 radical (unpaired) electrons. The van der Waals surface area contributed by atoms with Crippen LogP contribution in [0.5, 0.6) is 0 Å². The first-order valence-electron chi connectivity index (χ1n) is 6.58. The maximum Gasteiger partial charge on any atom is 0.265 e. The fourth-order valence-electron chi connectivity index (χ4n) is 2.03. The summed E-state index contributed by atoms with van der Waals surface area (Å²) in [6.45, 7) is 1.99. The van der Waals surface area contributed by atoms with Crippen LogP contribution >= 0.6 is 11.3 Å². The highest BCUT2D eigenvalue weighted by Gasteiger charge is 2.10. The number of H-pyrrole nitrogens is 1. The van der Waals surface area contributed by atoms with Crippen molar-refractivity contribution in [2.45, 2.75) is 6.92 Å². The molecule has 1 amide bonds. The van der Waals surface area contributed by atoms with Gasteiger partial charge in [-0.2, -0.15) is 0 Å². The first kappa shape index (κ1) is 13.6. The molecule has 0 unspecified atom stereocenters. The molecule has 6 heteroatoms. The second-order valence-electron chi connectivity index (χ2n) is 5.05. The molecule has 1 aromatic carbocycles. The number of nitrogens with one attached hydrogen (secondary N) is 2. The molecule has 0 atom stereocenters. The molecule has 2 N–H and O–H groups in total. The highest BCUT2D eigenvalue weighted by molar-refractivity contribution is 7.14. The van der Waals surface area contributed by atoms with Gasteiger partial charge in [-0.1, -0.05) is 0 Å². The normalized spacial score (nSPS) is 10.8. The molecule has 0 spiro atoms. The first-order chi connectivity index (χ1) is 10.0. The molecule has 0 saturated carbocycles. The van der Waals surface area contributed by atoms with Crippen LogP contribution in [0.15, 0.2) is 30.3 Å². The Morgan fingerprint density at radius 3 is 2.76 bits per heavy atom. The van der Waals surface area contributed by atoms with Crippen molar-refractivity contribution < 1.29 is 4.79 Å². The van der Waals surface area contributed by atoms with E-state index in [0.717, 1.165) is 27.5 Å². The van der Waals surface area contributed by atoms with Crippen LogP contribution in [0.4, 0.5) is 11.6 Å². The number of aromatic nitrogens is 2. The number of amides is 1. The first-order valence-corrected chi connectivity index (χ1v) is 7.39. The summed E-state index contributed by atoms with van der Waals surface area (Å²) < 4.78 is 0. The van der Waals surface area contributed by atoms with Gasteiger partial charge in [-0.25, -0.2) is 4.98 Å². The quantitative estimate of drug-likeness (QED) is 0.780. The number of hydrogen-bond donors (Lipinski definition) is 2. The summed E-state index contributed by atoms with van der Waals surface area (Å²) in [4.78, 5) is 23.6. The van der Waals surface area contributed by atoms with Gasteiger partial charge in [0.2, 0.25) is 5.95 Å². The molecular formula is C15H16N4OS. The Bertz CT molecular complexity index is 803. The van der Waals surface area contributed by atoms with Crippen molar-refractivity contribution in [1.29, 1.82) is 0 Å². The monoisotopic (exact) mass is 300 g/mol. The molecule has 108 valence electrons. The smallest absolute Gasteiger partial charge is 0.265 e. The van der Waals surface area contributed by atoms with Crippen LogP contribution in [-0.4, -0.2) is 30.0 Å². The number of imidazole rings is 1. The predicted octanol–water partition coefficient (Wildman–Crippen LogP) is 3.25. The summed E-state index contributed by atoms with van der Waals surface area (Å²) in [5.41, 5.74) is 2.54. The zero-order valence-electron chi connectivity index (χ0n) is 12.1. The Balaban J connectivity index is 1.85. The molecular weight excluding hydrogens is 284 g/mol. The van der Waals surface area contributed by atoms with Crippen LogP contribution in [0, 0.1) is 6.92 Å². The minimum atomic E-state index is -0.0835. The van der Waals surface area contributed by atoms with Gasteiger partial charge >= 0.3 is 0 Å². The average Bonchev–Trinajstić information content (AvgIpc) is 3.04. The van der Waals surface area contributed by atoms with Crippen molar-refractivity contribution in [3.8, 4) is 0 Å². The van der Waals surface area contributed by atoms with Gasteiger partial charge in [0.15, 0.2) is 0 Å². The molecule has 0 saturated heterocycles. The van der Waals surface area contributed by atoms with Gasteiger partial charge < -0.3 is 15.2 Å². The van der Waals surface area contributed by atoms with Crippen LogP contribution in [0.2, 0.25) is 0 Å². The molecule has 2 heterocycles. The van der Waals surface area contributed by atoms with E-state index in [2.05, 4.69) is 15.3 Å². The average molecular weight is 300 g/mol. The lowest BCUT2D eigenvalue weighted by Crippen LogP contribution is -2.10. The Morgan fingerprint density at radius 2 is 2.10 bits per heavy atom. The number of anilines is 2. The number of carbonyl (C=O) groups is 1. The topological polar surface area (TPSA) is 61.0 Å². The van der Waals surface area contributed by atoms with Crippen LogP contribution in [0.25, 0.3) is 11.0 Å². The fraction of sp³-hybridized carbons (Fsp3) is 0.200. The van der Waals surface area contributed by atoms with Gasteiger partial charge in [-0.3, -0.25) is 4.79 Å². The Kier molecular flexibility index (Phi) is 3.39. The van der Waals surface area contributed by atoms with E-state index in [0.29, 0.717) is 4.88 Å². The van der Waals surface area contributed by atoms with Crippen molar-refractivity contribution in [2.24, 2.45) is 0 Å². The number of fused-ring (bicyclic) bond motifs is 1. The van der Waals surface area contributed by atoms with Crippen LogP contribution in [0.3, 0.4) is 0 Å². The molecule has 21 heavy (non-hydrogen) atoms. The van der Waals surface area contributed by atoms with E-state index in [1.54, 1.807) is 0 Å². The van der Waals surface area contributed by atoms with Gasteiger partial charge in [0.25, 0.3) is 5.91 Å². The lowest BCUT2D eigenvalue weighted by atomic mass is 10.2. The van der Waals surface area contributed by atoms with Gasteiger partial charge in [0.1, 0.15) is 0 Å². The van der Waals surface area contributed by atoms with Crippen LogP contribution < -0.4 is 10.2 Å². The van der Waals surface area contributed by atoms with Crippen LogP contribution in [0.1, 0.15) is 14.5 Å². The second kappa shape index (κ2) is 5.21. The van der Waals surface area contributed by atoms with Crippen molar-refractivity contribution >= 4 is 39.9 Å². The molecule has 0 aliphatic heterocycles. The van der Waals surface area contributed by atoms with Crippen molar-refractivity contribution in [2.75, 3.05) is 24.3 Å². The Hall–Kier alpha value is -2.34. The molecule has 0 aliphatic carbocycles. The van der Waals surface area contributed by atoms with Gasteiger partial charge in [-0.15, -0.1) is 11.3 Å². The predicted molar refractivity (Wildman–Crippen MR) is 87.4 cm³/mol. The van der Waals surface area contributed by atoms with E-state index in [1.165, 1.54) is 11.3 Å². The summed E-state index contributed by atoms with van der Waals surface area (Å²) in [5, 5.41) is 2.91. The SMILES string of the molecule is Cc1ccc(C(=O)Nc2ccc3nc(N(C)C)[nH]c3c2)s1.